The van der Waals surface area contributed by atoms with Gasteiger partial charge in [-0.1, -0.05) is 11.6 Å². The zero-order chi connectivity index (χ0) is 21.5. The van der Waals surface area contributed by atoms with Crippen LogP contribution >= 0.6 is 11.6 Å². The number of aromatic nitrogens is 4. The molecule has 3 aromatic heterocycles. The van der Waals surface area contributed by atoms with Gasteiger partial charge in [0, 0.05) is 21.1 Å². The number of hydrogen-bond donors (Lipinski definition) is 1. The molecular formula is C19H23ClN6O3. The van der Waals surface area contributed by atoms with Crippen molar-refractivity contribution in [2.45, 2.75) is 27.3 Å². The van der Waals surface area contributed by atoms with Gasteiger partial charge in [-0.05, 0) is 32.9 Å². The first-order valence-electron chi connectivity index (χ1n) is 8.95. The Kier molecular flexibility index (Phi) is 5.52. The molecule has 9 nitrogen and oxygen atoms in total. The minimum Gasteiger partial charge on any atom is -0.454 e. The molecule has 3 aromatic rings. The number of nitrogens with zero attached hydrogens (tertiary/aromatic N) is 5. The van der Waals surface area contributed by atoms with Gasteiger partial charge in [-0.3, -0.25) is 19.0 Å². The molecule has 0 fully saturated rings. The highest BCUT2D eigenvalue weighted by atomic mass is 35.5. The van der Waals surface area contributed by atoms with Gasteiger partial charge in [0.05, 0.1) is 34.3 Å². The average molecular weight is 419 g/mol. The predicted octanol–water partition coefficient (Wildman–Crippen LogP) is 2.79. The summed E-state index contributed by atoms with van der Waals surface area (Å²) in [7, 11) is 4.96. The number of carbonyl (C=O) groups is 2. The first-order chi connectivity index (χ1) is 13.6. The molecule has 0 spiro atoms. The molecule has 3 heterocycles. The number of carbonyl (C=O) groups excluding carboxylic acids is 2. The van der Waals surface area contributed by atoms with Gasteiger partial charge in [0.15, 0.2) is 11.5 Å². The summed E-state index contributed by atoms with van der Waals surface area (Å²) in [5.74, 6) is -0.0823. The van der Waals surface area contributed by atoms with Crippen molar-refractivity contribution in [1.29, 1.82) is 0 Å². The summed E-state index contributed by atoms with van der Waals surface area (Å²) in [4.78, 5) is 26.5. The van der Waals surface area contributed by atoms with E-state index < -0.39 is 5.91 Å². The molecule has 0 bridgehead atoms. The van der Waals surface area contributed by atoms with E-state index >= 15 is 0 Å². The van der Waals surface area contributed by atoms with Gasteiger partial charge in [0.25, 0.3) is 11.8 Å². The molecule has 0 saturated heterocycles. The molecule has 29 heavy (non-hydrogen) atoms. The molecule has 0 radical (unpaired) electrons. The van der Waals surface area contributed by atoms with Crippen molar-refractivity contribution in [2.75, 3.05) is 19.4 Å². The molecule has 1 N–H and O–H groups in total. The zero-order valence-electron chi connectivity index (χ0n) is 17.2. The Morgan fingerprint density at radius 2 is 1.86 bits per heavy atom. The number of rotatable bonds is 5. The Hall–Kier alpha value is -3.07. The molecule has 0 aromatic carbocycles. The van der Waals surface area contributed by atoms with Crippen LogP contribution in [0.25, 0.3) is 0 Å². The molecule has 0 aliphatic heterocycles. The van der Waals surface area contributed by atoms with Gasteiger partial charge in [-0.15, -0.1) is 0 Å². The van der Waals surface area contributed by atoms with Gasteiger partial charge in [0.1, 0.15) is 5.76 Å². The van der Waals surface area contributed by atoms with E-state index in [-0.39, 0.29) is 17.4 Å². The number of amides is 2. The molecule has 0 saturated carbocycles. The maximum atomic E-state index is 12.7. The quantitative estimate of drug-likeness (QED) is 0.687. The predicted molar refractivity (Wildman–Crippen MR) is 108 cm³/mol. The number of hydrogen-bond acceptors (Lipinski definition) is 5. The van der Waals surface area contributed by atoms with Gasteiger partial charge in [-0.25, -0.2) is 0 Å². The van der Waals surface area contributed by atoms with Gasteiger partial charge >= 0.3 is 0 Å². The van der Waals surface area contributed by atoms with Crippen LogP contribution in [0.2, 0.25) is 5.02 Å². The second kappa shape index (κ2) is 7.75. The van der Waals surface area contributed by atoms with Crippen LogP contribution in [0.15, 0.2) is 16.5 Å². The third kappa shape index (κ3) is 3.91. The Balaban J connectivity index is 1.81. The molecule has 2 amide bonds. The lowest BCUT2D eigenvalue weighted by Gasteiger charge is -2.10. The summed E-state index contributed by atoms with van der Waals surface area (Å²) in [6, 6.07) is 3.29. The fourth-order valence-corrected chi connectivity index (χ4v) is 2.99. The molecule has 0 aliphatic rings. The van der Waals surface area contributed by atoms with Crippen LogP contribution in [-0.2, 0) is 13.6 Å². The molecule has 3 rings (SSSR count). The van der Waals surface area contributed by atoms with Crippen LogP contribution < -0.4 is 5.32 Å². The van der Waals surface area contributed by atoms with Gasteiger partial charge in [0.2, 0.25) is 0 Å². The van der Waals surface area contributed by atoms with Crippen molar-refractivity contribution in [2.24, 2.45) is 7.05 Å². The summed E-state index contributed by atoms with van der Waals surface area (Å²) >= 11 is 6.17. The molecule has 0 atom stereocenters. The van der Waals surface area contributed by atoms with Crippen molar-refractivity contribution >= 4 is 29.1 Å². The average Bonchev–Trinajstić information content (AvgIpc) is 3.31. The van der Waals surface area contributed by atoms with Crippen LogP contribution in [-0.4, -0.2) is 50.4 Å². The van der Waals surface area contributed by atoms with E-state index in [2.05, 4.69) is 15.5 Å². The third-order valence-corrected chi connectivity index (χ3v) is 5.21. The monoisotopic (exact) mass is 418 g/mol. The fraction of sp³-hybridized carbons (Fsp3) is 0.368. The Morgan fingerprint density at radius 3 is 2.45 bits per heavy atom. The van der Waals surface area contributed by atoms with E-state index in [0.29, 0.717) is 28.7 Å². The van der Waals surface area contributed by atoms with Crippen LogP contribution in [0, 0.1) is 20.8 Å². The highest BCUT2D eigenvalue weighted by Crippen LogP contribution is 2.23. The van der Waals surface area contributed by atoms with Gasteiger partial charge < -0.3 is 14.6 Å². The lowest BCUT2D eigenvalue weighted by atomic mass is 10.2. The summed E-state index contributed by atoms with van der Waals surface area (Å²) in [5, 5.41) is 11.9. The smallest absolute Gasteiger partial charge is 0.291 e. The molecule has 0 unspecified atom stereocenters. The van der Waals surface area contributed by atoms with Crippen LogP contribution in [0.1, 0.15) is 43.9 Å². The SMILES string of the molecule is Cc1nn(Cc2ccc(C(=O)Nc3c(C(=O)N(C)C)nn(C)c3C)o2)c(C)c1Cl. The third-order valence-electron chi connectivity index (χ3n) is 4.67. The number of nitrogens with one attached hydrogen (secondary N) is 1. The number of furan rings is 1. The van der Waals surface area contributed by atoms with Crippen LogP contribution in [0.4, 0.5) is 5.69 Å². The highest BCUT2D eigenvalue weighted by molar-refractivity contribution is 6.31. The van der Waals surface area contributed by atoms with Gasteiger partial charge in [-0.2, -0.15) is 10.2 Å². The van der Waals surface area contributed by atoms with Crippen LogP contribution in [0.5, 0.6) is 0 Å². The Morgan fingerprint density at radius 1 is 1.17 bits per heavy atom. The molecular weight excluding hydrogens is 396 g/mol. The maximum Gasteiger partial charge on any atom is 0.291 e. The van der Waals surface area contributed by atoms with E-state index in [0.717, 1.165) is 11.4 Å². The normalized spacial score (nSPS) is 11.0. The number of anilines is 1. The van der Waals surface area contributed by atoms with Crippen LogP contribution in [0.3, 0.4) is 0 Å². The number of aryl methyl sites for hydroxylation is 2. The second-order valence-corrected chi connectivity index (χ2v) is 7.37. The fourth-order valence-electron chi connectivity index (χ4n) is 2.86. The Bertz CT molecular complexity index is 1090. The van der Waals surface area contributed by atoms with Crippen molar-refractivity contribution in [3.63, 3.8) is 0 Å². The standard InChI is InChI=1S/C19H23ClN6O3/c1-10-15(20)11(2)26(22-10)9-13-7-8-14(29-13)18(27)21-16-12(3)25(6)23-17(16)19(28)24(4)5/h7-8H,9H2,1-6H3,(H,21,27). The lowest BCUT2D eigenvalue weighted by molar-refractivity contribution is 0.0822. The maximum absolute atomic E-state index is 12.7. The molecule has 10 heteroatoms. The number of halogens is 1. The van der Waals surface area contributed by atoms with E-state index in [4.69, 9.17) is 16.0 Å². The second-order valence-electron chi connectivity index (χ2n) is 6.99. The molecule has 154 valence electrons. The van der Waals surface area contributed by atoms with Crippen molar-refractivity contribution in [1.82, 2.24) is 24.5 Å². The van der Waals surface area contributed by atoms with E-state index in [1.807, 2.05) is 13.8 Å². The van der Waals surface area contributed by atoms with Crippen molar-refractivity contribution in [3.8, 4) is 0 Å². The largest absolute Gasteiger partial charge is 0.454 e. The minimum absolute atomic E-state index is 0.124. The Labute approximate surface area is 173 Å². The topological polar surface area (TPSA) is 98.2 Å². The highest BCUT2D eigenvalue weighted by Gasteiger charge is 2.24. The summed E-state index contributed by atoms with van der Waals surface area (Å²) < 4.78 is 8.95. The van der Waals surface area contributed by atoms with Crippen molar-refractivity contribution in [3.05, 3.63) is 51.5 Å². The minimum atomic E-state index is -0.466. The summed E-state index contributed by atoms with van der Waals surface area (Å²) in [5.41, 5.74) is 2.75. The first-order valence-corrected chi connectivity index (χ1v) is 9.32. The van der Waals surface area contributed by atoms with E-state index in [1.54, 1.807) is 49.6 Å². The lowest BCUT2D eigenvalue weighted by Crippen LogP contribution is -2.24. The summed E-state index contributed by atoms with van der Waals surface area (Å²) in [6.07, 6.45) is 0. The van der Waals surface area contributed by atoms with E-state index in [1.165, 1.54) is 4.90 Å². The first kappa shape index (κ1) is 20.7. The zero-order valence-corrected chi connectivity index (χ0v) is 18.0. The molecule has 0 aliphatic carbocycles. The van der Waals surface area contributed by atoms with E-state index in [9.17, 15) is 9.59 Å². The summed E-state index contributed by atoms with van der Waals surface area (Å²) in [6.45, 7) is 5.82. The van der Waals surface area contributed by atoms with Crippen molar-refractivity contribution < 1.29 is 14.0 Å².